The van der Waals surface area contributed by atoms with Crippen LogP contribution in [0.5, 0.6) is 11.5 Å². The molecule has 120 valence electrons. The summed E-state index contributed by atoms with van der Waals surface area (Å²) < 4.78 is 11.5. The molecular weight excluding hydrogens is 348 g/mol. The zero-order valence-electron chi connectivity index (χ0n) is 12.9. The third-order valence-corrected chi connectivity index (χ3v) is 4.00. The van der Waals surface area contributed by atoms with Gasteiger partial charge in [-0.25, -0.2) is 0 Å². The van der Waals surface area contributed by atoms with Gasteiger partial charge in [0.1, 0.15) is 0 Å². The molecule has 0 saturated heterocycles. The highest BCUT2D eigenvalue weighted by Gasteiger charge is 2.15. The van der Waals surface area contributed by atoms with Crippen molar-refractivity contribution in [2.24, 2.45) is 0 Å². The van der Waals surface area contributed by atoms with Gasteiger partial charge in [-0.1, -0.05) is 11.6 Å². The molecule has 6 heteroatoms. The summed E-state index contributed by atoms with van der Waals surface area (Å²) in [5.41, 5.74) is 1.80. The van der Waals surface area contributed by atoms with Crippen molar-refractivity contribution in [2.75, 3.05) is 33.4 Å². The van der Waals surface area contributed by atoms with Crippen molar-refractivity contribution in [1.82, 2.24) is 10.6 Å². The zero-order chi connectivity index (χ0) is 15.9. The Morgan fingerprint density at radius 1 is 1.45 bits per heavy atom. The van der Waals surface area contributed by atoms with E-state index in [1.165, 1.54) is 5.57 Å². The molecule has 0 atom stereocenters. The lowest BCUT2D eigenvalue weighted by molar-refractivity contribution is 0.0956. The van der Waals surface area contributed by atoms with E-state index in [4.69, 9.17) is 9.47 Å². The van der Waals surface area contributed by atoms with Gasteiger partial charge in [0, 0.05) is 18.7 Å². The van der Waals surface area contributed by atoms with Crippen LogP contribution in [0.3, 0.4) is 0 Å². The Balaban J connectivity index is 2.08. The van der Waals surface area contributed by atoms with E-state index in [0.29, 0.717) is 34.7 Å². The molecule has 1 aliphatic rings. The summed E-state index contributed by atoms with van der Waals surface area (Å²) in [4.78, 5) is 12.3. The molecule has 22 heavy (non-hydrogen) atoms. The van der Waals surface area contributed by atoms with E-state index in [-0.39, 0.29) is 5.91 Å². The first-order valence-electron chi connectivity index (χ1n) is 7.32. The fourth-order valence-electron chi connectivity index (χ4n) is 2.26. The normalized spacial score (nSPS) is 14.2. The minimum absolute atomic E-state index is 0.124. The average molecular weight is 369 g/mol. The van der Waals surface area contributed by atoms with Crippen LogP contribution in [0.1, 0.15) is 23.7 Å². The van der Waals surface area contributed by atoms with Gasteiger partial charge in [-0.15, -0.1) is 0 Å². The Morgan fingerprint density at radius 2 is 2.27 bits per heavy atom. The first-order chi connectivity index (χ1) is 10.7. The van der Waals surface area contributed by atoms with Crippen LogP contribution in [0.15, 0.2) is 28.3 Å². The molecule has 5 nitrogen and oxygen atoms in total. The van der Waals surface area contributed by atoms with Crippen LogP contribution < -0.4 is 20.1 Å². The third kappa shape index (κ3) is 4.24. The monoisotopic (exact) mass is 368 g/mol. The molecule has 0 radical (unpaired) electrons. The summed E-state index contributed by atoms with van der Waals surface area (Å²) in [6.07, 6.45) is 3.09. The molecule has 0 aliphatic carbocycles. The van der Waals surface area contributed by atoms with Crippen LogP contribution in [0.25, 0.3) is 0 Å². The number of methoxy groups -OCH3 is 1. The molecule has 0 saturated carbocycles. The van der Waals surface area contributed by atoms with Gasteiger partial charge in [0.2, 0.25) is 0 Å². The lowest BCUT2D eigenvalue weighted by atomic mass is 10.1. The van der Waals surface area contributed by atoms with Crippen molar-refractivity contribution in [3.63, 3.8) is 0 Å². The molecule has 2 rings (SSSR count). The minimum atomic E-state index is -0.124. The predicted molar refractivity (Wildman–Crippen MR) is 89.8 cm³/mol. The zero-order valence-corrected chi connectivity index (χ0v) is 14.5. The predicted octanol–water partition coefficient (Wildman–Crippen LogP) is 2.51. The Hall–Kier alpha value is -1.53. The fraction of sp³-hybridized carbons (Fsp3) is 0.438. The van der Waals surface area contributed by atoms with E-state index in [1.54, 1.807) is 19.2 Å². The van der Waals surface area contributed by atoms with E-state index >= 15 is 0 Å². The number of carbonyl (C=O) groups is 1. The summed E-state index contributed by atoms with van der Waals surface area (Å²) in [6, 6.07) is 3.45. The summed E-state index contributed by atoms with van der Waals surface area (Å²) in [5.74, 6) is 1.03. The topological polar surface area (TPSA) is 59.6 Å². The molecule has 1 heterocycles. The lowest BCUT2D eigenvalue weighted by Gasteiger charge is -2.16. The molecule has 1 aromatic carbocycles. The van der Waals surface area contributed by atoms with Gasteiger partial charge in [0.05, 0.1) is 18.2 Å². The summed E-state index contributed by atoms with van der Waals surface area (Å²) >= 11 is 3.43. The Kier molecular flexibility index (Phi) is 6.27. The number of halogens is 1. The number of ether oxygens (including phenoxy) is 2. The van der Waals surface area contributed by atoms with E-state index in [1.807, 2.05) is 6.92 Å². The van der Waals surface area contributed by atoms with Gasteiger partial charge >= 0.3 is 0 Å². The average Bonchev–Trinajstić information content (AvgIpc) is 2.55. The number of benzene rings is 1. The third-order valence-electron chi connectivity index (χ3n) is 3.41. The van der Waals surface area contributed by atoms with Crippen LogP contribution >= 0.6 is 15.9 Å². The highest BCUT2D eigenvalue weighted by molar-refractivity contribution is 9.10. The van der Waals surface area contributed by atoms with Crippen molar-refractivity contribution in [3.05, 3.63) is 33.8 Å². The van der Waals surface area contributed by atoms with Gasteiger partial charge in [0.25, 0.3) is 5.91 Å². The summed E-state index contributed by atoms with van der Waals surface area (Å²) in [7, 11) is 1.56. The van der Waals surface area contributed by atoms with Gasteiger partial charge < -0.3 is 20.1 Å². The Labute approximate surface area is 139 Å². The second-order valence-electron chi connectivity index (χ2n) is 4.92. The Morgan fingerprint density at radius 3 is 2.91 bits per heavy atom. The molecule has 0 unspecified atom stereocenters. The summed E-state index contributed by atoms with van der Waals surface area (Å²) in [6.45, 7) is 4.84. The highest BCUT2D eigenvalue weighted by Crippen LogP contribution is 2.36. The van der Waals surface area contributed by atoms with Crippen molar-refractivity contribution >= 4 is 21.8 Å². The first-order valence-corrected chi connectivity index (χ1v) is 8.12. The van der Waals surface area contributed by atoms with E-state index < -0.39 is 0 Å². The van der Waals surface area contributed by atoms with Crippen molar-refractivity contribution < 1.29 is 14.3 Å². The SMILES string of the molecule is CCOc1c(Br)cc(C(=O)NCC2=CCNCC2)cc1OC. The minimum Gasteiger partial charge on any atom is -0.493 e. The van der Waals surface area contributed by atoms with Gasteiger partial charge in [-0.05, 0) is 48.0 Å². The number of nitrogens with one attached hydrogen (secondary N) is 2. The maximum Gasteiger partial charge on any atom is 0.251 e. The molecule has 0 spiro atoms. The molecule has 1 aromatic rings. The quantitative estimate of drug-likeness (QED) is 0.757. The van der Waals surface area contributed by atoms with Gasteiger partial charge in [0.15, 0.2) is 11.5 Å². The molecule has 1 aliphatic heterocycles. The summed E-state index contributed by atoms with van der Waals surface area (Å²) in [5, 5.41) is 6.20. The largest absolute Gasteiger partial charge is 0.493 e. The number of hydrogen-bond donors (Lipinski definition) is 2. The van der Waals surface area contributed by atoms with Crippen molar-refractivity contribution in [3.8, 4) is 11.5 Å². The number of hydrogen-bond acceptors (Lipinski definition) is 4. The second kappa shape index (κ2) is 8.19. The van der Waals surface area contributed by atoms with Crippen LogP contribution in [0, 0.1) is 0 Å². The molecule has 2 N–H and O–H groups in total. The van der Waals surface area contributed by atoms with Crippen molar-refractivity contribution in [1.29, 1.82) is 0 Å². The van der Waals surface area contributed by atoms with Crippen LogP contribution in [0.4, 0.5) is 0 Å². The molecular formula is C16H21BrN2O3. The van der Waals surface area contributed by atoms with Gasteiger partial charge in [-0.2, -0.15) is 0 Å². The highest BCUT2D eigenvalue weighted by atomic mass is 79.9. The fourth-order valence-corrected chi connectivity index (χ4v) is 2.82. The lowest BCUT2D eigenvalue weighted by Crippen LogP contribution is -2.29. The smallest absolute Gasteiger partial charge is 0.251 e. The number of carbonyl (C=O) groups excluding carboxylic acids is 1. The van der Waals surface area contributed by atoms with Crippen LogP contribution in [-0.4, -0.2) is 39.3 Å². The second-order valence-corrected chi connectivity index (χ2v) is 5.78. The molecule has 0 fully saturated rings. The molecule has 0 aromatic heterocycles. The van der Waals surface area contributed by atoms with E-state index in [2.05, 4.69) is 32.6 Å². The number of amides is 1. The van der Waals surface area contributed by atoms with E-state index in [9.17, 15) is 4.79 Å². The van der Waals surface area contributed by atoms with Crippen molar-refractivity contribution in [2.45, 2.75) is 13.3 Å². The first kappa shape index (κ1) is 16.8. The Bertz CT molecular complexity index is 573. The van der Waals surface area contributed by atoms with Gasteiger partial charge in [-0.3, -0.25) is 4.79 Å². The van der Waals surface area contributed by atoms with E-state index in [0.717, 1.165) is 19.5 Å². The maximum atomic E-state index is 12.3. The molecule has 1 amide bonds. The molecule has 0 bridgehead atoms. The van der Waals surface area contributed by atoms with Crippen LogP contribution in [0.2, 0.25) is 0 Å². The van der Waals surface area contributed by atoms with Crippen LogP contribution in [-0.2, 0) is 0 Å². The standard InChI is InChI=1S/C16H21BrN2O3/c1-3-22-15-13(17)8-12(9-14(15)21-2)16(20)19-10-11-4-6-18-7-5-11/h4,8-9,18H,3,5-7,10H2,1-2H3,(H,19,20). The number of rotatable bonds is 6. The maximum absolute atomic E-state index is 12.3.